The van der Waals surface area contributed by atoms with Gasteiger partial charge in [-0.3, -0.25) is 0 Å². The summed E-state index contributed by atoms with van der Waals surface area (Å²) in [5, 5.41) is 17.7. The molecule has 2 aromatic rings. The predicted octanol–water partition coefficient (Wildman–Crippen LogP) is 1.37. The average Bonchev–Trinajstić information content (AvgIpc) is 2.66. The van der Waals surface area contributed by atoms with Crippen molar-refractivity contribution in [1.82, 2.24) is 15.2 Å². The second-order valence-corrected chi connectivity index (χ2v) is 3.79. The number of aromatic nitrogens is 3. The fraction of sp³-hybridized carbons (Fsp3) is 0.182. The Morgan fingerprint density at radius 1 is 1.44 bits per heavy atom. The van der Waals surface area contributed by atoms with Gasteiger partial charge in [-0.25, -0.2) is 4.79 Å². The van der Waals surface area contributed by atoms with Crippen LogP contribution in [-0.2, 0) is 11.2 Å². The van der Waals surface area contributed by atoms with Crippen molar-refractivity contribution in [3.63, 3.8) is 0 Å². The van der Waals surface area contributed by atoms with Gasteiger partial charge in [0.25, 0.3) is 0 Å². The van der Waals surface area contributed by atoms with Crippen LogP contribution in [0.3, 0.4) is 0 Å². The van der Waals surface area contributed by atoms with Crippen molar-refractivity contribution in [2.24, 2.45) is 0 Å². The number of carboxylic acids is 1. The molecule has 0 aromatic carbocycles. The third kappa shape index (κ3) is 1.21. The van der Waals surface area contributed by atoms with Crippen LogP contribution in [0.25, 0.3) is 17.1 Å². The highest BCUT2D eigenvalue weighted by Gasteiger charge is 2.19. The number of nitrogens with one attached hydrogen (secondary N) is 1. The van der Waals surface area contributed by atoms with Crippen molar-refractivity contribution >= 4 is 23.1 Å². The first kappa shape index (κ1) is 9.08. The van der Waals surface area contributed by atoms with Crippen molar-refractivity contribution in [2.75, 3.05) is 0 Å². The van der Waals surface area contributed by atoms with Crippen LogP contribution in [0.2, 0.25) is 0 Å². The van der Waals surface area contributed by atoms with Gasteiger partial charge in [-0.1, -0.05) is 0 Å². The zero-order valence-corrected chi connectivity index (χ0v) is 8.40. The number of nitrogens with zero attached hydrogens (tertiary/aromatic N) is 2. The first-order valence-corrected chi connectivity index (χ1v) is 5.02. The largest absolute Gasteiger partial charge is 0.478 e. The van der Waals surface area contributed by atoms with E-state index in [1.807, 2.05) is 6.07 Å². The molecule has 0 saturated heterocycles. The average molecular weight is 215 g/mol. The number of carboxylic acid groups (broad SMARTS) is 1. The summed E-state index contributed by atoms with van der Waals surface area (Å²) >= 11 is 0. The minimum atomic E-state index is -0.845. The molecule has 1 aliphatic carbocycles. The number of aryl methyl sites for hydroxylation is 1. The van der Waals surface area contributed by atoms with E-state index >= 15 is 0 Å². The molecule has 2 N–H and O–H groups in total. The van der Waals surface area contributed by atoms with Gasteiger partial charge in [0.15, 0.2) is 5.65 Å². The zero-order chi connectivity index (χ0) is 11.1. The smallest absolute Gasteiger partial charge is 0.331 e. The fourth-order valence-electron chi connectivity index (χ4n) is 2.05. The van der Waals surface area contributed by atoms with E-state index < -0.39 is 5.97 Å². The molecule has 0 radical (unpaired) electrons. The van der Waals surface area contributed by atoms with Crippen LogP contribution < -0.4 is 0 Å². The molecular formula is C11H9N3O2. The van der Waals surface area contributed by atoms with Crippen LogP contribution in [0.15, 0.2) is 17.8 Å². The fourth-order valence-corrected chi connectivity index (χ4v) is 2.05. The summed E-state index contributed by atoms with van der Waals surface area (Å²) in [5.74, 6) is -0.845. The molecule has 1 aliphatic rings. The number of hydrogen-bond donors (Lipinski definition) is 2. The predicted molar refractivity (Wildman–Crippen MR) is 57.8 cm³/mol. The second kappa shape index (κ2) is 3.16. The molecule has 2 heterocycles. The van der Waals surface area contributed by atoms with Crippen LogP contribution >= 0.6 is 0 Å². The molecule has 80 valence electrons. The van der Waals surface area contributed by atoms with Crippen LogP contribution in [-0.4, -0.2) is 26.3 Å². The van der Waals surface area contributed by atoms with E-state index in [0.29, 0.717) is 18.4 Å². The second-order valence-electron chi connectivity index (χ2n) is 3.79. The molecule has 0 saturated carbocycles. The molecule has 0 amide bonds. The summed E-state index contributed by atoms with van der Waals surface area (Å²) in [6, 6.07) is 1.85. The number of hydrogen-bond acceptors (Lipinski definition) is 3. The Morgan fingerprint density at radius 2 is 2.31 bits per heavy atom. The van der Waals surface area contributed by atoms with Gasteiger partial charge in [-0.2, -0.15) is 5.10 Å². The zero-order valence-electron chi connectivity index (χ0n) is 8.40. The molecule has 16 heavy (non-hydrogen) atoms. The van der Waals surface area contributed by atoms with Gasteiger partial charge in [0.05, 0.1) is 6.20 Å². The maximum absolute atomic E-state index is 10.9. The quantitative estimate of drug-likeness (QED) is 0.753. The molecular weight excluding hydrogens is 206 g/mol. The monoisotopic (exact) mass is 215 g/mol. The van der Waals surface area contributed by atoms with Crippen molar-refractivity contribution in [2.45, 2.75) is 12.8 Å². The van der Waals surface area contributed by atoms with Crippen molar-refractivity contribution in [3.8, 4) is 0 Å². The van der Waals surface area contributed by atoms with Gasteiger partial charge < -0.3 is 10.1 Å². The molecule has 0 unspecified atom stereocenters. The lowest BCUT2D eigenvalue weighted by atomic mass is 9.96. The maximum atomic E-state index is 10.9. The van der Waals surface area contributed by atoms with Gasteiger partial charge >= 0.3 is 5.97 Å². The summed E-state index contributed by atoms with van der Waals surface area (Å²) in [6.07, 6.45) is 4.60. The highest BCUT2D eigenvalue weighted by Crippen LogP contribution is 2.29. The summed E-state index contributed by atoms with van der Waals surface area (Å²) < 4.78 is 0. The Labute approximate surface area is 90.8 Å². The molecule has 2 aromatic heterocycles. The van der Waals surface area contributed by atoms with Crippen LogP contribution in [0, 0.1) is 0 Å². The molecule has 0 bridgehead atoms. The maximum Gasteiger partial charge on any atom is 0.331 e. The molecule has 5 nitrogen and oxygen atoms in total. The topological polar surface area (TPSA) is 78.9 Å². The first-order valence-electron chi connectivity index (χ1n) is 5.02. The minimum absolute atomic E-state index is 0.449. The third-order valence-corrected chi connectivity index (χ3v) is 2.84. The Morgan fingerprint density at radius 3 is 3.12 bits per heavy atom. The Balaban J connectivity index is 2.26. The third-order valence-electron chi connectivity index (χ3n) is 2.84. The molecule has 3 rings (SSSR count). The number of aliphatic carboxylic acids is 1. The summed E-state index contributed by atoms with van der Waals surface area (Å²) in [6.45, 7) is 0. The lowest BCUT2D eigenvalue weighted by molar-refractivity contribution is -0.132. The number of aromatic amines is 1. The normalized spacial score (nSPS) is 14.6. The standard InChI is InChI=1S/C11H9N3O2/c15-11(16)6-1-2-9-8(5-6)7-3-4-12-14-10(7)13-9/h3-5H,1-2H2,(H,13,14)(H,15,16). The number of rotatable bonds is 1. The van der Waals surface area contributed by atoms with Crippen LogP contribution in [0.4, 0.5) is 0 Å². The highest BCUT2D eigenvalue weighted by atomic mass is 16.4. The minimum Gasteiger partial charge on any atom is -0.478 e. The number of H-pyrrole nitrogens is 1. The van der Waals surface area contributed by atoms with Crippen molar-refractivity contribution in [1.29, 1.82) is 0 Å². The lowest BCUT2D eigenvalue weighted by Gasteiger charge is -2.09. The molecule has 0 spiro atoms. The van der Waals surface area contributed by atoms with E-state index in [2.05, 4.69) is 15.2 Å². The first-order chi connectivity index (χ1) is 7.75. The number of carbonyl (C=O) groups is 1. The number of fused-ring (bicyclic) bond motifs is 3. The highest BCUT2D eigenvalue weighted by molar-refractivity contribution is 5.98. The summed E-state index contributed by atoms with van der Waals surface area (Å²) in [7, 11) is 0. The Bertz CT molecular complexity index is 613. The van der Waals surface area contributed by atoms with E-state index in [0.717, 1.165) is 22.3 Å². The summed E-state index contributed by atoms with van der Waals surface area (Å²) in [4.78, 5) is 14.1. The van der Waals surface area contributed by atoms with Gasteiger partial charge in [0.1, 0.15) is 0 Å². The van der Waals surface area contributed by atoms with Crippen molar-refractivity contribution in [3.05, 3.63) is 29.1 Å². The lowest BCUT2D eigenvalue weighted by Crippen LogP contribution is -2.06. The van der Waals surface area contributed by atoms with E-state index in [1.54, 1.807) is 12.3 Å². The van der Waals surface area contributed by atoms with Gasteiger partial charge in [-0.15, -0.1) is 5.10 Å². The van der Waals surface area contributed by atoms with E-state index in [-0.39, 0.29) is 0 Å². The van der Waals surface area contributed by atoms with Crippen LogP contribution in [0.1, 0.15) is 17.7 Å². The van der Waals surface area contributed by atoms with Gasteiger partial charge in [-0.05, 0) is 25.0 Å². The molecule has 5 heteroatoms. The SMILES string of the molecule is O=C(O)C1=Cc2c([nH]c3nnccc23)CC1. The van der Waals surface area contributed by atoms with Crippen molar-refractivity contribution < 1.29 is 9.90 Å². The molecule has 0 atom stereocenters. The molecule has 0 aliphatic heterocycles. The molecule has 0 fully saturated rings. The van der Waals surface area contributed by atoms with E-state index in [1.165, 1.54) is 0 Å². The van der Waals surface area contributed by atoms with E-state index in [9.17, 15) is 4.79 Å². The van der Waals surface area contributed by atoms with E-state index in [4.69, 9.17) is 5.11 Å². The van der Waals surface area contributed by atoms with Gasteiger partial charge in [0.2, 0.25) is 0 Å². The van der Waals surface area contributed by atoms with Crippen LogP contribution in [0.5, 0.6) is 0 Å². The Kier molecular flexibility index (Phi) is 1.80. The Hall–Kier alpha value is -2.17. The van der Waals surface area contributed by atoms with Gasteiger partial charge in [0, 0.05) is 22.2 Å². The summed E-state index contributed by atoms with van der Waals surface area (Å²) in [5.41, 5.74) is 3.15.